The van der Waals surface area contributed by atoms with E-state index in [1.54, 1.807) is 19.2 Å². The summed E-state index contributed by atoms with van der Waals surface area (Å²) < 4.78 is 26.7. The van der Waals surface area contributed by atoms with Crippen molar-refractivity contribution in [2.45, 2.75) is 20.0 Å². The fraction of sp³-hybridized carbons (Fsp3) is 0.231. The van der Waals surface area contributed by atoms with Crippen molar-refractivity contribution in [2.75, 3.05) is 0 Å². The Bertz CT molecular complexity index is 523. The van der Waals surface area contributed by atoms with E-state index < -0.39 is 11.6 Å². The van der Waals surface area contributed by atoms with Gasteiger partial charge in [-0.1, -0.05) is 6.07 Å². The average molecular weight is 249 g/mol. The van der Waals surface area contributed by atoms with Crippen molar-refractivity contribution in [1.29, 1.82) is 0 Å². The molecule has 2 rings (SSSR count). The molecule has 18 heavy (non-hydrogen) atoms. The van der Waals surface area contributed by atoms with Crippen molar-refractivity contribution >= 4 is 0 Å². The minimum absolute atomic E-state index is 0.0447. The van der Waals surface area contributed by atoms with E-state index in [1.807, 2.05) is 0 Å². The monoisotopic (exact) mass is 249 g/mol. The third kappa shape index (κ3) is 3.07. The maximum atomic E-state index is 13.3. The lowest BCUT2D eigenvalue weighted by Gasteiger charge is -2.07. The summed E-state index contributed by atoms with van der Waals surface area (Å²) in [7, 11) is 0. The fourth-order valence-corrected chi connectivity index (χ4v) is 1.62. The van der Waals surface area contributed by atoms with E-state index in [0.29, 0.717) is 12.4 Å². The molecule has 0 saturated heterocycles. The van der Waals surface area contributed by atoms with Gasteiger partial charge in [0.2, 0.25) is 0 Å². The summed E-state index contributed by atoms with van der Waals surface area (Å²) >= 11 is 0. The largest absolute Gasteiger partial charge is 0.307 e. The fourth-order valence-electron chi connectivity index (χ4n) is 1.62. The molecule has 1 aromatic carbocycles. The van der Waals surface area contributed by atoms with Gasteiger partial charge in [0.1, 0.15) is 17.5 Å². The van der Waals surface area contributed by atoms with Crippen LogP contribution in [0.5, 0.6) is 0 Å². The Morgan fingerprint density at radius 1 is 1.11 bits per heavy atom. The highest BCUT2D eigenvalue weighted by molar-refractivity contribution is 5.19. The number of nitrogens with one attached hydrogen (secondary N) is 1. The van der Waals surface area contributed by atoms with Gasteiger partial charge in [-0.3, -0.25) is 0 Å². The SMILES string of the molecule is Cc1nccc(CNCc2c(F)cccc2F)n1. The zero-order valence-corrected chi connectivity index (χ0v) is 9.95. The number of aryl methyl sites for hydroxylation is 1. The lowest BCUT2D eigenvalue weighted by atomic mass is 10.2. The first-order chi connectivity index (χ1) is 8.66. The first-order valence-electron chi connectivity index (χ1n) is 5.59. The maximum absolute atomic E-state index is 13.3. The Labute approximate surface area is 104 Å². The number of aromatic nitrogens is 2. The summed E-state index contributed by atoms with van der Waals surface area (Å²) in [6.45, 7) is 2.36. The zero-order valence-electron chi connectivity index (χ0n) is 9.95. The average Bonchev–Trinajstić information content (AvgIpc) is 2.33. The molecule has 0 aliphatic carbocycles. The van der Waals surface area contributed by atoms with E-state index >= 15 is 0 Å². The summed E-state index contributed by atoms with van der Waals surface area (Å²) in [6.07, 6.45) is 1.66. The minimum Gasteiger partial charge on any atom is -0.307 e. The van der Waals surface area contributed by atoms with Gasteiger partial charge in [0.15, 0.2) is 0 Å². The first kappa shape index (κ1) is 12.6. The van der Waals surface area contributed by atoms with Gasteiger partial charge < -0.3 is 5.32 Å². The maximum Gasteiger partial charge on any atom is 0.130 e. The molecular weight excluding hydrogens is 236 g/mol. The Kier molecular flexibility index (Phi) is 3.94. The lowest BCUT2D eigenvalue weighted by molar-refractivity contribution is 0.534. The number of hydrogen-bond donors (Lipinski definition) is 1. The summed E-state index contributed by atoms with van der Waals surface area (Å²) in [5.74, 6) is -0.408. The van der Waals surface area contributed by atoms with Crippen LogP contribution in [0.1, 0.15) is 17.1 Å². The van der Waals surface area contributed by atoms with Gasteiger partial charge in [-0.15, -0.1) is 0 Å². The number of nitrogens with zero attached hydrogens (tertiary/aromatic N) is 2. The standard InChI is InChI=1S/C13H13F2N3/c1-9-17-6-5-10(18-9)7-16-8-11-12(14)3-2-4-13(11)15/h2-6,16H,7-8H2,1H3. The Hall–Kier alpha value is -1.88. The molecule has 2 aromatic rings. The van der Waals surface area contributed by atoms with Gasteiger partial charge in [-0.25, -0.2) is 18.7 Å². The number of rotatable bonds is 4. The predicted molar refractivity (Wildman–Crippen MR) is 63.7 cm³/mol. The van der Waals surface area contributed by atoms with Crippen molar-refractivity contribution in [2.24, 2.45) is 0 Å². The summed E-state index contributed by atoms with van der Waals surface area (Å²) in [6, 6.07) is 5.60. The quantitative estimate of drug-likeness (QED) is 0.903. The third-order valence-corrected chi connectivity index (χ3v) is 2.50. The van der Waals surface area contributed by atoms with E-state index in [0.717, 1.165) is 5.69 Å². The van der Waals surface area contributed by atoms with Crippen LogP contribution < -0.4 is 5.32 Å². The topological polar surface area (TPSA) is 37.8 Å². The van der Waals surface area contributed by atoms with Crippen molar-refractivity contribution in [3.8, 4) is 0 Å². The van der Waals surface area contributed by atoms with Gasteiger partial charge in [0, 0.05) is 24.8 Å². The highest BCUT2D eigenvalue weighted by atomic mass is 19.1. The van der Waals surface area contributed by atoms with E-state index in [4.69, 9.17) is 0 Å². The molecule has 1 N–H and O–H groups in total. The third-order valence-electron chi connectivity index (χ3n) is 2.50. The number of hydrogen-bond acceptors (Lipinski definition) is 3. The summed E-state index contributed by atoms with van der Waals surface area (Å²) in [5, 5.41) is 2.96. The second kappa shape index (κ2) is 5.64. The van der Waals surface area contributed by atoms with Gasteiger partial charge in [0.25, 0.3) is 0 Å². The molecule has 0 aliphatic heterocycles. The Morgan fingerprint density at radius 2 is 1.83 bits per heavy atom. The lowest BCUT2D eigenvalue weighted by Crippen LogP contribution is -2.16. The van der Waals surface area contributed by atoms with E-state index in [1.165, 1.54) is 18.2 Å². The molecule has 0 fully saturated rings. The normalized spacial score (nSPS) is 10.6. The summed E-state index contributed by atoms with van der Waals surface area (Å²) in [5.41, 5.74) is 0.836. The Balaban J connectivity index is 1.97. The van der Waals surface area contributed by atoms with Crippen LogP contribution in [0, 0.1) is 18.6 Å². The molecular formula is C13H13F2N3. The molecule has 0 saturated carbocycles. The van der Waals surface area contributed by atoms with Crippen LogP contribution in [0.2, 0.25) is 0 Å². The molecule has 1 heterocycles. The zero-order chi connectivity index (χ0) is 13.0. The van der Waals surface area contributed by atoms with Gasteiger partial charge in [-0.05, 0) is 25.1 Å². The first-order valence-corrected chi connectivity index (χ1v) is 5.59. The van der Waals surface area contributed by atoms with Crippen LogP contribution in [-0.2, 0) is 13.1 Å². The molecule has 0 unspecified atom stereocenters. The predicted octanol–water partition coefficient (Wildman–Crippen LogP) is 2.35. The van der Waals surface area contributed by atoms with E-state index in [-0.39, 0.29) is 12.1 Å². The Morgan fingerprint density at radius 3 is 2.50 bits per heavy atom. The molecule has 5 heteroatoms. The molecule has 0 amide bonds. The second-order valence-electron chi connectivity index (χ2n) is 3.90. The molecule has 3 nitrogen and oxygen atoms in total. The van der Waals surface area contributed by atoms with Crippen LogP contribution in [0.4, 0.5) is 8.78 Å². The second-order valence-corrected chi connectivity index (χ2v) is 3.90. The van der Waals surface area contributed by atoms with Crippen LogP contribution in [-0.4, -0.2) is 9.97 Å². The molecule has 0 radical (unpaired) electrons. The highest BCUT2D eigenvalue weighted by Crippen LogP contribution is 2.11. The molecule has 0 aliphatic rings. The van der Waals surface area contributed by atoms with E-state index in [9.17, 15) is 8.78 Å². The molecule has 0 bridgehead atoms. The van der Waals surface area contributed by atoms with Crippen LogP contribution >= 0.6 is 0 Å². The van der Waals surface area contributed by atoms with Crippen LogP contribution in [0.15, 0.2) is 30.5 Å². The smallest absolute Gasteiger partial charge is 0.130 e. The molecule has 94 valence electrons. The number of halogens is 2. The van der Waals surface area contributed by atoms with Crippen molar-refractivity contribution < 1.29 is 8.78 Å². The van der Waals surface area contributed by atoms with Crippen molar-refractivity contribution in [3.05, 3.63) is 59.2 Å². The van der Waals surface area contributed by atoms with Crippen molar-refractivity contribution in [3.63, 3.8) is 0 Å². The minimum atomic E-state index is -0.540. The summed E-state index contributed by atoms with van der Waals surface area (Å²) in [4.78, 5) is 8.16. The molecule has 0 spiro atoms. The molecule has 1 aromatic heterocycles. The van der Waals surface area contributed by atoms with Crippen molar-refractivity contribution in [1.82, 2.24) is 15.3 Å². The van der Waals surface area contributed by atoms with Gasteiger partial charge in [0.05, 0.1) is 5.69 Å². The van der Waals surface area contributed by atoms with Crippen LogP contribution in [0.25, 0.3) is 0 Å². The molecule has 0 atom stereocenters. The highest BCUT2D eigenvalue weighted by Gasteiger charge is 2.07. The van der Waals surface area contributed by atoms with Gasteiger partial charge >= 0.3 is 0 Å². The van der Waals surface area contributed by atoms with Crippen LogP contribution in [0.3, 0.4) is 0 Å². The van der Waals surface area contributed by atoms with Gasteiger partial charge in [-0.2, -0.15) is 0 Å². The number of benzene rings is 1. The van der Waals surface area contributed by atoms with E-state index in [2.05, 4.69) is 15.3 Å².